The summed E-state index contributed by atoms with van der Waals surface area (Å²) in [6, 6.07) is 14.4. The highest BCUT2D eigenvalue weighted by Crippen LogP contribution is 2.53. The molecule has 0 spiro atoms. The fourth-order valence-corrected chi connectivity index (χ4v) is 2.67. The van der Waals surface area contributed by atoms with E-state index < -0.39 is 4.33 Å². The van der Waals surface area contributed by atoms with Gasteiger partial charge in [-0.2, -0.15) is 0 Å². The van der Waals surface area contributed by atoms with Crippen molar-refractivity contribution in [1.29, 1.82) is 0 Å². The molecule has 1 aliphatic carbocycles. The van der Waals surface area contributed by atoms with Gasteiger partial charge in [0, 0.05) is 5.69 Å². The molecular weight excluding hydrogens is 337 g/mol. The van der Waals surface area contributed by atoms with E-state index in [1.54, 1.807) is 31.4 Å². The molecule has 1 aliphatic rings. The van der Waals surface area contributed by atoms with Gasteiger partial charge in [-0.1, -0.05) is 12.1 Å². The molecule has 6 heteroatoms. The van der Waals surface area contributed by atoms with Crippen LogP contribution in [0.25, 0.3) is 0 Å². The van der Waals surface area contributed by atoms with Crippen LogP contribution in [0.3, 0.4) is 0 Å². The first-order chi connectivity index (χ1) is 11.0. The highest BCUT2D eigenvalue weighted by Gasteiger charge is 2.56. The molecule has 0 radical (unpaired) electrons. The third-order valence-corrected chi connectivity index (χ3v) is 4.40. The Hall–Kier alpha value is -1.91. The molecule has 2 aromatic rings. The highest BCUT2D eigenvalue weighted by molar-refractivity contribution is 6.52. The molecule has 120 valence electrons. The average Bonchev–Trinajstić information content (AvgIpc) is 3.19. The van der Waals surface area contributed by atoms with Gasteiger partial charge < -0.3 is 14.8 Å². The summed E-state index contributed by atoms with van der Waals surface area (Å²) in [6.07, 6.45) is 0.483. The second-order valence-corrected chi connectivity index (χ2v) is 6.83. The lowest BCUT2D eigenvalue weighted by Gasteiger charge is -2.11. The minimum atomic E-state index is -0.920. The minimum Gasteiger partial charge on any atom is -0.493 e. The monoisotopic (exact) mass is 351 g/mol. The molecule has 0 bridgehead atoms. The van der Waals surface area contributed by atoms with Crippen LogP contribution in [0, 0.1) is 5.92 Å². The van der Waals surface area contributed by atoms with Gasteiger partial charge in [-0.05, 0) is 42.8 Å². The van der Waals surface area contributed by atoms with E-state index in [1.165, 1.54) is 0 Å². The maximum Gasteiger partial charge on any atom is 0.230 e. The van der Waals surface area contributed by atoms with Crippen LogP contribution in [-0.2, 0) is 4.79 Å². The largest absolute Gasteiger partial charge is 0.493 e. The van der Waals surface area contributed by atoms with E-state index >= 15 is 0 Å². The molecule has 0 aliphatic heterocycles. The van der Waals surface area contributed by atoms with Crippen LogP contribution >= 0.6 is 23.2 Å². The number of amides is 1. The Morgan fingerprint density at radius 2 is 1.74 bits per heavy atom. The van der Waals surface area contributed by atoms with Crippen LogP contribution in [0.4, 0.5) is 5.69 Å². The van der Waals surface area contributed by atoms with Crippen LogP contribution in [-0.4, -0.2) is 17.4 Å². The molecule has 1 atom stereocenters. The summed E-state index contributed by atoms with van der Waals surface area (Å²) in [5.41, 5.74) is 0.665. The van der Waals surface area contributed by atoms with Gasteiger partial charge in [0.05, 0.1) is 13.0 Å². The van der Waals surface area contributed by atoms with Crippen molar-refractivity contribution in [2.45, 2.75) is 10.8 Å². The summed E-state index contributed by atoms with van der Waals surface area (Å²) >= 11 is 11.8. The van der Waals surface area contributed by atoms with Gasteiger partial charge in [0.15, 0.2) is 11.5 Å². The predicted octanol–water partition coefficient (Wildman–Crippen LogP) is 4.62. The van der Waals surface area contributed by atoms with Gasteiger partial charge in [-0.3, -0.25) is 4.79 Å². The number of hydrogen-bond acceptors (Lipinski definition) is 3. The number of ether oxygens (including phenoxy) is 2. The van der Waals surface area contributed by atoms with Crippen LogP contribution in [0.2, 0.25) is 0 Å². The number of methoxy groups -OCH3 is 1. The lowest BCUT2D eigenvalue weighted by molar-refractivity contribution is -0.117. The first kappa shape index (κ1) is 16.0. The summed E-state index contributed by atoms with van der Waals surface area (Å²) in [7, 11) is 1.59. The lowest BCUT2D eigenvalue weighted by atomic mass is 10.2. The van der Waals surface area contributed by atoms with Crippen molar-refractivity contribution in [3.63, 3.8) is 0 Å². The van der Waals surface area contributed by atoms with Gasteiger partial charge >= 0.3 is 0 Å². The molecule has 1 unspecified atom stereocenters. The second-order valence-electron chi connectivity index (χ2n) is 5.28. The summed E-state index contributed by atoms with van der Waals surface area (Å²) < 4.78 is 10.1. The minimum absolute atomic E-state index is 0.173. The summed E-state index contributed by atoms with van der Waals surface area (Å²) in [5, 5.41) is 2.79. The molecule has 2 aromatic carbocycles. The van der Waals surface area contributed by atoms with Crippen molar-refractivity contribution in [2.24, 2.45) is 5.92 Å². The van der Waals surface area contributed by atoms with E-state index in [0.717, 1.165) is 0 Å². The number of para-hydroxylation sites is 2. The third kappa shape index (κ3) is 3.71. The normalized spacial score (nSPS) is 18.1. The Bertz CT molecular complexity index is 716. The SMILES string of the molecule is COc1ccccc1Oc1ccc(NC(=O)C2CC2(Cl)Cl)cc1. The van der Waals surface area contributed by atoms with Crippen molar-refractivity contribution < 1.29 is 14.3 Å². The first-order valence-corrected chi connectivity index (χ1v) is 7.85. The van der Waals surface area contributed by atoms with Gasteiger partial charge in [-0.25, -0.2) is 0 Å². The molecule has 0 saturated heterocycles. The number of nitrogens with one attached hydrogen (secondary N) is 1. The van der Waals surface area contributed by atoms with E-state index in [4.69, 9.17) is 32.7 Å². The van der Waals surface area contributed by atoms with Crippen LogP contribution in [0.1, 0.15) is 6.42 Å². The number of carbonyl (C=O) groups is 1. The van der Waals surface area contributed by atoms with Crippen molar-refractivity contribution >= 4 is 34.8 Å². The molecule has 1 fully saturated rings. The zero-order valence-electron chi connectivity index (χ0n) is 12.4. The molecule has 23 heavy (non-hydrogen) atoms. The number of rotatable bonds is 5. The van der Waals surface area contributed by atoms with Crippen LogP contribution in [0.5, 0.6) is 17.2 Å². The number of anilines is 1. The number of alkyl halides is 2. The maximum absolute atomic E-state index is 11.9. The predicted molar refractivity (Wildman–Crippen MR) is 90.7 cm³/mol. The summed E-state index contributed by atoms with van der Waals surface area (Å²) in [6.45, 7) is 0. The average molecular weight is 352 g/mol. The standard InChI is InChI=1S/C17H15Cl2NO3/c1-22-14-4-2-3-5-15(14)23-12-8-6-11(7-9-12)20-16(21)13-10-17(13,18)19/h2-9,13H,10H2,1H3,(H,20,21). The van der Waals surface area contributed by atoms with Crippen LogP contribution < -0.4 is 14.8 Å². The quantitative estimate of drug-likeness (QED) is 0.799. The van der Waals surface area contributed by atoms with Crippen LogP contribution in [0.15, 0.2) is 48.5 Å². The highest BCUT2D eigenvalue weighted by atomic mass is 35.5. The Morgan fingerprint density at radius 3 is 2.30 bits per heavy atom. The van der Waals surface area contributed by atoms with E-state index in [1.807, 2.05) is 24.3 Å². The van der Waals surface area contributed by atoms with Gasteiger partial charge in [0.25, 0.3) is 0 Å². The number of hydrogen-bond donors (Lipinski definition) is 1. The Morgan fingerprint density at radius 1 is 1.13 bits per heavy atom. The van der Waals surface area contributed by atoms with E-state index in [9.17, 15) is 4.79 Å². The fraction of sp³-hybridized carbons (Fsp3) is 0.235. The van der Waals surface area contributed by atoms with Gasteiger partial charge in [-0.15, -0.1) is 23.2 Å². The third-order valence-electron chi connectivity index (χ3n) is 3.56. The second kappa shape index (κ2) is 6.30. The Kier molecular flexibility index (Phi) is 4.37. The number of halogens is 2. The zero-order valence-corrected chi connectivity index (χ0v) is 13.9. The summed E-state index contributed by atoms with van der Waals surface area (Å²) in [4.78, 5) is 11.9. The van der Waals surface area contributed by atoms with E-state index in [2.05, 4.69) is 5.32 Å². The Labute approximate surface area is 144 Å². The van der Waals surface area contributed by atoms with Gasteiger partial charge in [0.1, 0.15) is 10.1 Å². The fourth-order valence-electron chi connectivity index (χ4n) is 2.16. The van der Waals surface area contributed by atoms with Crippen molar-refractivity contribution in [3.05, 3.63) is 48.5 Å². The van der Waals surface area contributed by atoms with E-state index in [0.29, 0.717) is 29.4 Å². The van der Waals surface area contributed by atoms with Gasteiger partial charge in [0.2, 0.25) is 5.91 Å². The molecule has 1 amide bonds. The molecule has 0 aromatic heterocycles. The number of carbonyl (C=O) groups excluding carboxylic acids is 1. The topological polar surface area (TPSA) is 47.6 Å². The van der Waals surface area contributed by atoms with Crippen molar-refractivity contribution in [1.82, 2.24) is 0 Å². The van der Waals surface area contributed by atoms with Crippen molar-refractivity contribution in [3.8, 4) is 17.2 Å². The molecule has 0 heterocycles. The molecular formula is C17H15Cl2NO3. The molecule has 1 saturated carbocycles. The molecule has 4 nitrogen and oxygen atoms in total. The van der Waals surface area contributed by atoms with Crippen molar-refractivity contribution in [2.75, 3.05) is 12.4 Å². The van der Waals surface area contributed by atoms with E-state index in [-0.39, 0.29) is 11.8 Å². The lowest BCUT2D eigenvalue weighted by Crippen LogP contribution is -2.16. The molecule has 3 rings (SSSR count). The first-order valence-electron chi connectivity index (χ1n) is 7.09. The summed E-state index contributed by atoms with van der Waals surface area (Å²) in [5.74, 6) is 1.39. The molecule has 1 N–H and O–H groups in total. The Balaban J connectivity index is 1.64. The zero-order chi connectivity index (χ0) is 16.4. The smallest absolute Gasteiger partial charge is 0.230 e. The maximum atomic E-state index is 11.9. The number of benzene rings is 2.